The van der Waals surface area contributed by atoms with Crippen molar-refractivity contribution in [3.8, 4) is 0 Å². The van der Waals surface area contributed by atoms with Gasteiger partial charge in [-0.3, -0.25) is 0 Å². The molecule has 0 aliphatic heterocycles. The van der Waals surface area contributed by atoms with E-state index in [9.17, 15) is 0 Å². The van der Waals surface area contributed by atoms with Crippen molar-refractivity contribution in [2.24, 2.45) is 0 Å². The Hall–Kier alpha value is -1.13. The molecule has 0 radical (unpaired) electrons. The Labute approximate surface area is 106 Å². The van der Waals surface area contributed by atoms with Crippen molar-refractivity contribution in [1.82, 2.24) is 4.98 Å². The van der Waals surface area contributed by atoms with Crippen LogP contribution < -0.4 is 5.32 Å². The molecule has 0 spiro atoms. The van der Waals surface area contributed by atoms with Crippen LogP contribution in [0.25, 0.3) is 10.2 Å². The van der Waals surface area contributed by atoms with Crippen molar-refractivity contribution >= 4 is 26.7 Å². The number of para-hydroxylation sites is 1. The Morgan fingerprint density at radius 2 is 1.94 bits per heavy atom. The summed E-state index contributed by atoms with van der Waals surface area (Å²) in [7, 11) is 0. The van der Waals surface area contributed by atoms with Gasteiger partial charge in [0.2, 0.25) is 0 Å². The van der Waals surface area contributed by atoms with Gasteiger partial charge in [0.05, 0.1) is 10.2 Å². The number of rotatable bonds is 7. The maximum absolute atomic E-state index is 8.66. The van der Waals surface area contributed by atoms with Gasteiger partial charge in [-0.15, -0.1) is 0 Å². The third-order valence-electron chi connectivity index (χ3n) is 2.66. The molecule has 2 N–H and O–H groups in total. The minimum atomic E-state index is 0.311. The summed E-state index contributed by atoms with van der Waals surface area (Å²) in [5.74, 6) is 0. The molecule has 2 aromatic rings. The highest BCUT2D eigenvalue weighted by atomic mass is 32.1. The first kappa shape index (κ1) is 12.3. The molecule has 17 heavy (non-hydrogen) atoms. The first-order valence-corrected chi connectivity index (χ1v) is 6.92. The van der Waals surface area contributed by atoms with Crippen LogP contribution in [-0.4, -0.2) is 23.2 Å². The molecule has 3 nitrogen and oxygen atoms in total. The number of thiazole rings is 1. The highest BCUT2D eigenvalue weighted by molar-refractivity contribution is 7.22. The van der Waals surface area contributed by atoms with Crippen molar-refractivity contribution in [1.29, 1.82) is 0 Å². The molecule has 0 aliphatic carbocycles. The maximum Gasteiger partial charge on any atom is 0.183 e. The van der Waals surface area contributed by atoms with Crippen molar-refractivity contribution in [2.45, 2.75) is 25.7 Å². The molecule has 0 bridgehead atoms. The van der Waals surface area contributed by atoms with E-state index in [0.717, 1.165) is 36.5 Å². The predicted molar refractivity (Wildman–Crippen MR) is 73.7 cm³/mol. The quantitative estimate of drug-likeness (QED) is 0.741. The van der Waals surface area contributed by atoms with Gasteiger partial charge in [0.1, 0.15) is 0 Å². The second-order valence-electron chi connectivity index (χ2n) is 4.05. The van der Waals surface area contributed by atoms with Gasteiger partial charge < -0.3 is 10.4 Å². The van der Waals surface area contributed by atoms with Gasteiger partial charge in [-0.2, -0.15) is 0 Å². The van der Waals surface area contributed by atoms with Crippen molar-refractivity contribution in [2.75, 3.05) is 18.5 Å². The number of aliphatic hydroxyl groups excluding tert-OH is 1. The monoisotopic (exact) mass is 250 g/mol. The Bertz CT molecular complexity index is 422. The highest BCUT2D eigenvalue weighted by Gasteiger charge is 2.01. The van der Waals surface area contributed by atoms with Crippen LogP contribution in [0.3, 0.4) is 0 Å². The van der Waals surface area contributed by atoms with Gasteiger partial charge in [0.25, 0.3) is 0 Å². The lowest BCUT2D eigenvalue weighted by atomic mass is 10.2. The zero-order valence-corrected chi connectivity index (χ0v) is 10.7. The van der Waals surface area contributed by atoms with E-state index < -0.39 is 0 Å². The summed E-state index contributed by atoms with van der Waals surface area (Å²) in [6.45, 7) is 1.27. The molecule has 1 aromatic heterocycles. The first-order chi connectivity index (χ1) is 8.40. The normalized spacial score (nSPS) is 10.9. The molecule has 2 rings (SSSR count). The number of fused-ring (bicyclic) bond motifs is 1. The van der Waals surface area contributed by atoms with Crippen molar-refractivity contribution in [3.63, 3.8) is 0 Å². The van der Waals surface area contributed by atoms with E-state index in [1.165, 1.54) is 11.1 Å². The molecule has 0 amide bonds. The first-order valence-electron chi connectivity index (χ1n) is 6.10. The van der Waals surface area contributed by atoms with Crippen LogP contribution in [0.2, 0.25) is 0 Å². The molecule has 0 unspecified atom stereocenters. The second kappa shape index (κ2) is 6.57. The second-order valence-corrected chi connectivity index (χ2v) is 5.08. The van der Waals surface area contributed by atoms with Crippen molar-refractivity contribution < 1.29 is 5.11 Å². The van der Waals surface area contributed by atoms with Gasteiger partial charge in [-0.1, -0.05) is 36.3 Å². The summed E-state index contributed by atoms with van der Waals surface area (Å²) in [5, 5.41) is 13.0. The van der Waals surface area contributed by atoms with Crippen LogP contribution in [0.4, 0.5) is 5.13 Å². The number of nitrogens with one attached hydrogen (secondary N) is 1. The molecule has 1 heterocycles. The fourth-order valence-corrected chi connectivity index (χ4v) is 2.62. The summed E-state index contributed by atoms with van der Waals surface area (Å²) < 4.78 is 1.23. The van der Waals surface area contributed by atoms with Gasteiger partial charge in [0.15, 0.2) is 5.13 Å². The average Bonchev–Trinajstić information content (AvgIpc) is 2.76. The molecular formula is C13H18N2OS. The summed E-state index contributed by atoms with van der Waals surface area (Å²) in [5.41, 5.74) is 1.07. The fraction of sp³-hybridized carbons (Fsp3) is 0.462. The molecule has 0 fully saturated rings. The van der Waals surface area contributed by atoms with Crippen LogP contribution in [0.1, 0.15) is 25.7 Å². The van der Waals surface area contributed by atoms with Gasteiger partial charge >= 0.3 is 0 Å². The van der Waals surface area contributed by atoms with Gasteiger partial charge in [-0.25, -0.2) is 4.98 Å². The topological polar surface area (TPSA) is 45.1 Å². The largest absolute Gasteiger partial charge is 0.396 e. The van der Waals surface area contributed by atoms with E-state index in [0.29, 0.717) is 6.61 Å². The molecule has 92 valence electrons. The lowest BCUT2D eigenvalue weighted by molar-refractivity contribution is 0.283. The zero-order chi connectivity index (χ0) is 11.9. The van der Waals surface area contributed by atoms with E-state index in [4.69, 9.17) is 5.11 Å². The van der Waals surface area contributed by atoms with Crippen LogP contribution in [0.5, 0.6) is 0 Å². The third-order valence-corrected chi connectivity index (χ3v) is 3.65. The third kappa shape index (κ3) is 3.68. The fourth-order valence-electron chi connectivity index (χ4n) is 1.73. The van der Waals surface area contributed by atoms with E-state index >= 15 is 0 Å². The Morgan fingerprint density at radius 3 is 2.76 bits per heavy atom. The SMILES string of the molecule is OCCCCCCNc1nc2ccccc2s1. The van der Waals surface area contributed by atoms with Crippen LogP contribution in [0, 0.1) is 0 Å². The summed E-state index contributed by atoms with van der Waals surface area (Å²) in [6, 6.07) is 8.19. The molecule has 0 saturated heterocycles. The number of nitrogens with zero attached hydrogens (tertiary/aromatic N) is 1. The predicted octanol–water partition coefficient (Wildman–Crippen LogP) is 3.26. The van der Waals surface area contributed by atoms with Gasteiger partial charge in [0, 0.05) is 13.2 Å². The smallest absolute Gasteiger partial charge is 0.183 e. The number of hydrogen-bond acceptors (Lipinski definition) is 4. The molecule has 4 heteroatoms. The lowest BCUT2D eigenvalue weighted by Gasteiger charge is -2.01. The number of benzene rings is 1. The number of unbranched alkanes of at least 4 members (excludes halogenated alkanes) is 3. The molecule has 0 aliphatic rings. The lowest BCUT2D eigenvalue weighted by Crippen LogP contribution is -2.00. The zero-order valence-electron chi connectivity index (χ0n) is 9.85. The molecule has 1 aromatic carbocycles. The van der Waals surface area contributed by atoms with E-state index in [2.05, 4.69) is 16.4 Å². The minimum Gasteiger partial charge on any atom is -0.396 e. The average molecular weight is 250 g/mol. The number of aromatic nitrogens is 1. The summed E-state index contributed by atoms with van der Waals surface area (Å²) in [6.07, 6.45) is 4.33. The number of hydrogen-bond donors (Lipinski definition) is 2. The van der Waals surface area contributed by atoms with Crippen molar-refractivity contribution in [3.05, 3.63) is 24.3 Å². The van der Waals surface area contributed by atoms with Crippen LogP contribution >= 0.6 is 11.3 Å². The Morgan fingerprint density at radius 1 is 1.12 bits per heavy atom. The summed E-state index contributed by atoms with van der Waals surface area (Å²) >= 11 is 1.70. The number of aliphatic hydroxyl groups is 1. The Kier molecular flexibility index (Phi) is 4.76. The van der Waals surface area contributed by atoms with Gasteiger partial charge in [-0.05, 0) is 25.0 Å². The molecule has 0 atom stereocenters. The Balaban J connectivity index is 1.75. The van der Waals surface area contributed by atoms with Crippen LogP contribution in [0.15, 0.2) is 24.3 Å². The van der Waals surface area contributed by atoms with E-state index in [1.807, 2.05) is 18.2 Å². The maximum atomic E-state index is 8.66. The molecule has 0 saturated carbocycles. The van der Waals surface area contributed by atoms with E-state index in [-0.39, 0.29) is 0 Å². The molecular weight excluding hydrogens is 232 g/mol. The standard InChI is InChI=1S/C13H18N2OS/c16-10-6-2-1-5-9-14-13-15-11-7-3-4-8-12(11)17-13/h3-4,7-8,16H,1-2,5-6,9-10H2,(H,14,15). The highest BCUT2D eigenvalue weighted by Crippen LogP contribution is 2.25. The van der Waals surface area contributed by atoms with E-state index in [1.54, 1.807) is 11.3 Å². The number of anilines is 1. The summed E-state index contributed by atoms with van der Waals surface area (Å²) in [4.78, 5) is 4.51. The van der Waals surface area contributed by atoms with Crippen LogP contribution in [-0.2, 0) is 0 Å². The minimum absolute atomic E-state index is 0.311.